The van der Waals surface area contributed by atoms with Gasteiger partial charge >= 0.3 is 5.97 Å². The molecule has 0 aliphatic heterocycles. The molecule has 0 saturated heterocycles. The van der Waals surface area contributed by atoms with Crippen LogP contribution in [0.15, 0.2) is 36.9 Å². The van der Waals surface area contributed by atoms with Gasteiger partial charge in [0, 0.05) is 12.6 Å². The average molecular weight is 299 g/mol. The molecule has 0 amide bonds. The summed E-state index contributed by atoms with van der Waals surface area (Å²) in [4.78, 5) is 10.6. The molecule has 6 nitrogen and oxygen atoms in total. The maximum atomic E-state index is 11.7. The van der Waals surface area contributed by atoms with Crippen molar-refractivity contribution in [1.82, 2.24) is 0 Å². The van der Waals surface area contributed by atoms with E-state index in [1.165, 1.54) is 0 Å². The summed E-state index contributed by atoms with van der Waals surface area (Å²) in [6.45, 7) is 3.70. The molecule has 7 heteroatoms. The third-order valence-corrected chi connectivity index (χ3v) is 3.60. The van der Waals surface area contributed by atoms with Gasteiger partial charge < -0.3 is 9.84 Å². The zero-order valence-corrected chi connectivity index (χ0v) is 12.0. The van der Waals surface area contributed by atoms with Crippen LogP contribution < -0.4 is 9.04 Å². The first-order valence-corrected chi connectivity index (χ1v) is 7.72. The van der Waals surface area contributed by atoms with Gasteiger partial charge in [0.25, 0.3) is 0 Å². The van der Waals surface area contributed by atoms with E-state index in [0.717, 1.165) is 10.6 Å². The Morgan fingerprint density at radius 1 is 1.50 bits per heavy atom. The topological polar surface area (TPSA) is 83.9 Å². The second kappa shape index (κ2) is 6.95. The molecule has 0 aliphatic carbocycles. The summed E-state index contributed by atoms with van der Waals surface area (Å²) in [7, 11) is -3.56. The highest BCUT2D eigenvalue weighted by Gasteiger charge is 2.18. The molecule has 1 rings (SSSR count). The number of hydrogen-bond acceptors (Lipinski definition) is 4. The van der Waals surface area contributed by atoms with Crippen molar-refractivity contribution in [2.45, 2.75) is 6.42 Å². The van der Waals surface area contributed by atoms with E-state index in [-0.39, 0.29) is 13.0 Å². The van der Waals surface area contributed by atoms with Gasteiger partial charge in [0.1, 0.15) is 12.4 Å². The molecule has 0 aliphatic rings. The summed E-state index contributed by atoms with van der Waals surface area (Å²) in [5.41, 5.74) is 0.371. The van der Waals surface area contributed by atoms with Crippen molar-refractivity contribution in [3.63, 3.8) is 0 Å². The van der Waals surface area contributed by atoms with Crippen LogP contribution in [-0.4, -0.2) is 38.9 Å². The van der Waals surface area contributed by atoms with Gasteiger partial charge in [-0.1, -0.05) is 18.7 Å². The van der Waals surface area contributed by atoms with Gasteiger partial charge in [-0.3, -0.25) is 9.10 Å². The highest BCUT2D eigenvalue weighted by Crippen LogP contribution is 2.23. The number of rotatable bonds is 8. The van der Waals surface area contributed by atoms with Crippen molar-refractivity contribution >= 4 is 21.7 Å². The minimum atomic E-state index is -3.56. The summed E-state index contributed by atoms with van der Waals surface area (Å²) in [5.74, 6) is -0.566. The fourth-order valence-corrected chi connectivity index (χ4v) is 2.49. The predicted molar refractivity (Wildman–Crippen MR) is 76.6 cm³/mol. The van der Waals surface area contributed by atoms with Crippen molar-refractivity contribution < 1.29 is 23.1 Å². The van der Waals surface area contributed by atoms with Crippen LogP contribution in [0.5, 0.6) is 5.75 Å². The largest absolute Gasteiger partial charge is 0.489 e. The van der Waals surface area contributed by atoms with Gasteiger partial charge in [0.05, 0.1) is 18.4 Å². The van der Waals surface area contributed by atoms with E-state index in [1.807, 2.05) is 0 Å². The Morgan fingerprint density at radius 3 is 2.75 bits per heavy atom. The lowest BCUT2D eigenvalue weighted by Gasteiger charge is -2.22. The molecule has 0 spiro atoms. The van der Waals surface area contributed by atoms with E-state index in [4.69, 9.17) is 9.84 Å². The molecule has 0 radical (unpaired) electrons. The summed E-state index contributed by atoms with van der Waals surface area (Å²) >= 11 is 0. The number of anilines is 1. The maximum Gasteiger partial charge on any atom is 0.305 e. The fraction of sp³-hybridized carbons (Fsp3) is 0.308. The summed E-state index contributed by atoms with van der Waals surface area (Å²) in [5, 5.41) is 8.69. The lowest BCUT2D eigenvalue weighted by Crippen LogP contribution is -2.32. The van der Waals surface area contributed by atoms with Crippen LogP contribution in [0.25, 0.3) is 0 Å². The van der Waals surface area contributed by atoms with Crippen molar-refractivity contribution in [2.24, 2.45) is 0 Å². The van der Waals surface area contributed by atoms with Crippen LogP contribution in [-0.2, 0) is 14.8 Å². The molecule has 0 saturated carbocycles. The molecule has 1 aromatic rings. The summed E-state index contributed by atoms with van der Waals surface area (Å²) < 4.78 is 29.9. The number of sulfonamides is 1. The van der Waals surface area contributed by atoms with Gasteiger partial charge in [-0.25, -0.2) is 8.42 Å². The molecular formula is C13H17NO5S. The number of benzene rings is 1. The number of hydrogen-bond donors (Lipinski definition) is 1. The third kappa shape index (κ3) is 4.93. The normalized spacial score (nSPS) is 10.8. The van der Waals surface area contributed by atoms with Gasteiger partial charge in [0.15, 0.2) is 0 Å². The number of aliphatic carboxylic acids is 1. The number of ether oxygens (including phenoxy) is 1. The molecular weight excluding hydrogens is 282 g/mol. The van der Waals surface area contributed by atoms with Crippen molar-refractivity contribution in [1.29, 1.82) is 0 Å². The third-order valence-electron chi connectivity index (χ3n) is 2.40. The van der Waals surface area contributed by atoms with Crippen molar-refractivity contribution in [3.05, 3.63) is 36.9 Å². The molecule has 20 heavy (non-hydrogen) atoms. The number of carbonyl (C=O) groups is 1. The number of nitrogens with zero attached hydrogens (tertiary/aromatic N) is 1. The highest BCUT2D eigenvalue weighted by atomic mass is 32.2. The highest BCUT2D eigenvalue weighted by molar-refractivity contribution is 7.92. The number of carboxylic acids is 1. The van der Waals surface area contributed by atoms with Crippen LogP contribution in [0.3, 0.4) is 0 Å². The molecule has 0 aromatic heterocycles. The van der Waals surface area contributed by atoms with E-state index >= 15 is 0 Å². The number of carboxylic acid groups (broad SMARTS) is 1. The van der Waals surface area contributed by atoms with Gasteiger partial charge in [-0.2, -0.15) is 0 Å². The Balaban J connectivity index is 3.01. The Morgan fingerprint density at radius 2 is 2.20 bits per heavy atom. The van der Waals surface area contributed by atoms with E-state index in [0.29, 0.717) is 18.0 Å². The predicted octanol–water partition coefficient (Wildman–Crippen LogP) is 1.49. The molecule has 0 bridgehead atoms. The average Bonchev–Trinajstić information content (AvgIpc) is 2.35. The quantitative estimate of drug-likeness (QED) is 0.735. The summed E-state index contributed by atoms with van der Waals surface area (Å²) in [6, 6.07) is 6.47. The van der Waals surface area contributed by atoms with Crippen LogP contribution in [0.2, 0.25) is 0 Å². The molecule has 0 heterocycles. The first-order valence-electron chi connectivity index (χ1n) is 5.88. The minimum absolute atomic E-state index is 0.126. The standard InChI is InChI=1S/C13H17NO5S/c1-3-9-19-12-6-4-5-11(10-12)14(20(2,17)18)8-7-13(15)16/h3-6,10H,1,7-9H2,2H3,(H,15,16). The Bertz CT molecular complexity index is 582. The smallest absolute Gasteiger partial charge is 0.305 e. The Labute approximate surface area is 118 Å². The molecule has 0 atom stereocenters. The second-order valence-corrected chi connectivity index (χ2v) is 5.98. The Kier molecular flexibility index (Phi) is 5.57. The fourth-order valence-electron chi connectivity index (χ4n) is 1.57. The van der Waals surface area contributed by atoms with Crippen LogP contribution in [0.4, 0.5) is 5.69 Å². The Hall–Kier alpha value is -2.02. The lowest BCUT2D eigenvalue weighted by molar-refractivity contribution is -0.136. The molecule has 0 fully saturated rings. The van der Waals surface area contributed by atoms with E-state index in [2.05, 4.69) is 6.58 Å². The SMILES string of the molecule is C=CCOc1cccc(N(CCC(=O)O)S(C)(=O)=O)c1. The van der Waals surface area contributed by atoms with Crippen LogP contribution >= 0.6 is 0 Å². The van der Waals surface area contributed by atoms with Gasteiger partial charge in [-0.15, -0.1) is 0 Å². The van der Waals surface area contributed by atoms with E-state index in [9.17, 15) is 13.2 Å². The van der Waals surface area contributed by atoms with Crippen LogP contribution in [0.1, 0.15) is 6.42 Å². The van der Waals surface area contributed by atoms with Gasteiger partial charge in [0.2, 0.25) is 10.0 Å². The lowest BCUT2D eigenvalue weighted by atomic mass is 10.3. The van der Waals surface area contributed by atoms with E-state index in [1.54, 1.807) is 30.3 Å². The minimum Gasteiger partial charge on any atom is -0.489 e. The van der Waals surface area contributed by atoms with Crippen molar-refractivity contribution in [3.8, 4) is 5.75 Å². The first kappa shape index (κ1) is 16.0. The zero-order valence-electron chi connectivity index (χ0n) is 11.2. The van der Waals surface area contributed by atoms with Gasteiger partial charge in [-0.05, 0) is 12.1 Å². The van der Waals surface area contributed by atoms with Crippen LogP contribution in [0, 0.1) is 0 Å². The monoisotopic (exact) mass is 299 g/mol. The molecule has 0 unspecified atom stereocenters. The molecule has 1 aromatic carbocycles. The van der Waals surface area contributed by atoms with E-state index < -0.39 is 16.0 Å². The first-order chi connectivity index (χ1) is 9.34. The molecule has 110 valence electrons. The van der Waals surface area contributed by atoms with Crippen molar-refractivity contribution in [2.75, 3.05) is 23.7 Å². The molecule has 1 N–H and O–H groups in total. The maximum absolute atomic E-state index is 11.7. The second-order valence-electron chi connectivity index (χ2n) is 4.08. The summed E-state index contributed by atoms with van der Waals surface area (Å²) in [6.07, 6.45) is 2.34. The zero-order chi connectivity index (χ0) is 15.2.